The molecule has 0 radical (unpaired) electrons. The van der Waals surface area contributed by atoms with Crippen LogP contribution in [0.25, 0.3) is 6.08 Å². The molecule has 3 aromatic carbocycles. The molecule has 1 fully saturated rings. The van der Waals surface area contributed by atoms with Gasteiger partial charge < -0.3 is 9.64 Å². The molecular formula is C28H22BrFN2O4S. The number of ether oxygens (including phenoxy) is 1. The molecule has 3 amide bonds. The number of halogens is 2. The Hall–Kier alpha value is -3.43. The summed E-state index contributed by atoms with van der Waals surface area (Å²) in [7, 11) is 0. The van der Waals surface area contributed by atoms with Crippen LogP contribution in [-0.2, 0) is 29.2 Å². The second-order valence-electron chi connectivity index (χ2n) is 8.66. The summed E-state index contributed by atoms with van der Waals surface area (Å²) in [6.45, 7) is 0.702. The Labute approximate surface area is 226 Å². The number of benzene rings is 3. The highest BCUT2D eigenvalue weighted by atomic mass is 79.9. The zero-order chi connectivity index (χ0) is 25.9. The fourth-order valence-corrected chi connectivity index (χ4v) is 5.46. The Morgan fingerprint density at radius 3 is 2.62 bits per heavy atom. The molecule has 0 spiro atoms. The number of amides is 3. The summed E-state index contributed by atoms with van der Waals surface area (Å²) in [5.41, 5.74) is 3.24. The van der Waals surface area contributed by atoms with Crippen molar-refractivity contribution in [2.24, 2.45) is 0 Å². The highest BCUT2D eigenvalue weighted by molar-refractivity contribution is 9.10. The monoisotopic (exact) mass is 580 g/mol. The van der Waals surface area contributed by atoms with Crippen LogP contribution in [0.5, 0.6) is 5.75 Å². The fraction of sp³-hybridized carbons (Fsp3) is 0.179. The van der Waals surface area contributed by atoms with E-state index in [1.54, 1.807) is 47.4 Å². The molecule has 188 valence electrons. The van der Waals surface area contributed by atoms with E-state index in [1.807, 2.05) is 18.2 Å². The molecule has 37 heavy (non-hydrogen) atoms. The summed E-state index contributed by atoms with van der Waals surface area (Å²) in [6, 6.07) is 19.5. The van der Waals surface area contributed by atoms with E-state index in [4.69, 9.17) is 4.74 Å². The normalized spacial score (nSPS) is 16.3. The first-order valence-corrected chi connectivity index (χ1v) is 13.3. The summed E-state index contributed by atoms with van der Waals surface area (Å²) in [4.78, 5) is 41.6. The topological polar surface area (TPSA) is 66.9 Å². The van der Waals surface area contributed by atoms with Crippen LogP contribution < -0.4 is 4.74 Å². The molecule has 2 aliphatic heterocycles. The minimum Gasteiger partial charge on any atom is -0.488 e. The van der Waals surface area contributed by atoms with Gasteiger partial charge in [-0.2, -0.15) is 0 Å². The van der Waals surface area contributed by atoms with Gasteiger partial charge in [0.15, 0.2) is 0 Å². The summed E-state index contributed by atoms with van der Waals surface area (Å²) in [5, 5.41) is -0.495. The van der Waals surface area contributed by atoms with Gasteiger partial charge in [-0.3, -0.25) is 19.3 Å². The van der Waals surface area contributed by atoms with Crippen LogP contribution in [0, 0.1) is 5.82 Å². The minimum absolute atomic E-state index is 0.00406. The summed E-state index contributed by atoms with van der Waals surface area (Å²) < 4.78 is 20.6. The first kappa shape index (κ1) is 25.2. The van der Waals surface area contributed by atoms with Crippen LogP contribution in [0.2, 0.25) is 0 Å². The van der Waals surface area contributed by atoms with Gasteiger partial charge in [-0.1, -0.05) is 58.4 Å². The van der Waals surface area contributed by atoms with Crippen molar-refractivity contribution < 1.29 is 23.5 Å². The van der Waals surface area contributed by atoms with Gasteiger partial charge in [-0.25, -0.2) is 4.39 Å². The number of hydrogen-bond acceptors (Lipinski definition) is 5. The van der Waals surface area contributed by atoms with Gasteiger partial charge >= 0.3 is 0 Å². The lowest BCUT2D eigenvalue weighted by Gasteiger charge is -2.29. The van der Waals surface area contributed by atoms with Crippen LogP contribution in [0.3, 0.4) is 0 Å². The summed E-state index contributed by atoms with van der Waals surface area (Å²) >= 11 is 4.20. The number of rotatable bonds is 6. The highest BCUT2D eigenvalue weighted by Crippen LogP contribution is 2.35. The Morgan fingerprint density at radius 1 is 1.05 bits per heavy atom. The average molecular weight is 581 g/mol. The molecule has 6 nitrogen and oxygen atoms in total. The fourth-order valence-electron chi connectivity index (χ4n) is 4.26. The van der Waals surface area contributed by atoms with E-state index in [0.29, 0.717) is 30.0 Å². The third-order valence-corrected chi connectivity index (χ3v) is 7.65. The molecule has 2 aliphatic rings. The Morgan fingerprint density at radius 2 is 1.81 bits per heavy atom. The Kier molecular flexibility index (Phi) is 7.43. The molecule has 5 rings (SSSR count). The van der Waals surface area contributed by atoms with Gasteiger partial charge in [0.1, 0.15) is 24.7 Å². The van der Waals surface area contributed by atoms with Crippen molar-refractivity contribution in [3.8, 4) is 5.75 Å². The number of hydrogen-bond donors (Lipinski definition) is 0. The number of nitrogens with zero attached hydrogens (tertiary/aromatic N) is 2. The van der Waals surface area contributed by atoms with Crippen molar-refractivity contribution in [1.82, 2.24) is 9.80 Å². The first-order valence-electron chi connectivity index (χ1n) is 11.6. The third kappa shape index (κ3) is 5.62. The van der Waals surface area contributed by atoms with E-state index in [-0.39, 0.29) is 29.8 Å². The first-order chi connectivity index (χ1) is 17.9. The number of thioether (sulfide) groups is 1. The van der Waals surface area contributed by atoms with Crippen molar-refractivity contribution in [3.63, 3.8) is 0 Å². The van der Waals surface area contributed by atoms with Crippen molar-refractivity contribution in [3.05, 3.63) is 104 Å². The van der Waals surface area contributed by atoms with Gasteiger partial charge in [0.25, 0.3) is 11.1 Å². The van der Waals surface area contributed by atoms with Gasteiger partial charge in [0, 0.05) is 28.7 Å². The number of fused-ring (bicyclic) bond motifs is 1. The smallest absolute Gasteiger partial charge is 0.294 e. The molecule has 2 heterocycles. The second kappa shape index (κ2) is 10.9. The second-order valence-corrected chi connectivity index (χ2v) is 10.6. The predicted octanol–water partition coefficient (Wildman–Crippen LogP) is 5.79. The molecule has 0 atom stereocenters. The van der Waals surface area contributed by atoms with Crippen molar-refractivity contribution in [2.75, 3.05) is 13.1 Å². The van der Waals surface area contributed by atoms with Crippen molar-refractivity contribution in [1.29, 1.82) is 0 Å². The largest absolute Gasteiger partial charge is 0.488 e. The van der Waals surface area contributed by atoms with Crippen molar-refractivity contribution in [2.45, 2.75) is 19.6 Å². The quantitative estimate of drug-likeness (QED) is 0.345. The maximum absolute atomic E-state index is 14.0. The molecule has 0 saturated carbocycles. The van der Waals surface area contributed by atoms with E-state index in [2.05, 4.69) is 22.0 Å². The van der Waals surface area contributed by atoms with Crippen LogP contribution >= 0.6 is 27.7 Å². The van der Waals surface area contributed by atoms with E-state index in [9.17, 15) is 18.8 Å². The van der Waals surface area contributed by atoms with Gasteiger partial charge in [0.05, 0.1) is 4.91 Å². The predicted molar refractivity (Wildman–Crippen MR) is 143 cm³/mol. The molecule has 0 N–H and O–H groups in total. The van der Waals surface area contributed by atoms with E-state index >= 15 is 0 Å². The number of carbonyl (C=O) groups excluding carboxylic acids is 3. The lowest BCUT2D eigenvalue weighted by atomic mass is 10.00. The zero-order valence-corrected chi connectivity index (χ0v) is 22.1. The van der Waals surface area contributed by atoms with Gasteiger partial charge in [-0.15, -0.1) is 0 Å². The summed E-state index contributed by atoms with van der Waals surface area (Å²) in [5.74, 6) is -0.736. The molecule has 0 bridgehead atoms. The molecule has 0 aromatic heterocycles. The lowest BCUT2D eigenvalue weighted by Crippen LogP contribution is -2.44. The highest BCUT2D eigenvalue weighted by Gasteiger charge is 2.37. The maximum Gasteiger partial charge on any atom is 0.294 e. The summed E-state index contributed by atoms with van der Waals surface area (Å²) in [6.07, 6.45) is 2.30. The average Bonchev–Trinajstić information content (AvgIpc) is 3.16. The van der Waals surface area contributed by atoms with Crippen LogP contribution in [0.1, 0.15) is 22.3 Å². The van der Waals surface area contributed by atoms with Crippen LogP contribution in [0.4, 0.5) is 9.18 Å². The van der Waals surface area contributed by atoms with Crippen molar-refractivity contribution >= 4 is 50.8 Å². The third-order valence-electron chi connectivity index (χ3n) is 6.25. The Bertz CT molecular complexity index is 1430. The molecule has 1 saturated heterocycles. The molecule has 0 unspecified atom stereocenters. The van der Waals surface area contributed by atoms with E-state index in [1.165, 1.54) is 11.6 Å². The Balaban J connectivity index is 1.30. The number of imide groups is 1. The van der Waals surface area contributed by atoms with E-state index < -0.39 is 11.1 Å². The molecule has 9 heteroatoms. The van der Waals surface area contributed by atoms with Crippen LogP contribution in [-0.4, -0.2) is 39.9 Å². The van der Waals surface area contributed by atoms with Crippen LogP contribution in [0.15, 0.2) is 76.1 Å². The maximum atomic E-state index is 14.0. The lowest BCUT2D eigenvalue weighted by molar-refractivity contribution is -0.136. The zero-order valence-electron chi connectivity index (χ0n) is 19.7. The van der Waals surface area contributed by atoms with Gasteiger partial charge in [-0.05, 0) is 59.7 Å². The standard InChI is InChI=1S/C28H22BrFN2O4S/c29-22-9-10-24(36-17-20-7-3-4-8-23(20)30)21(13-22)14-25-27(34)32(28(35)37-25)16-26(33)31-12-11-18-5-1-2-6-19(18)15-31/h1-10,13-14H,11-12,15-17H2/b25-14-. The van der Waals surface area contributed by atoms with E-state index in [0.717, 1.165) is 33.1 Å². The van der Waals surface area contributed by atoms with Gasteiger partial charge in [0.2, 0.25) is 5.91 Å². The minimum atomic E-state index is -0.527. The molecular weight excluding hydrogens is 559 g/mol. The molecule has 3 aromatic rings. The molecule has 0 aliphatic carbocycles. The SMILES string of the molecule is O=C(CN1C(=O)S/C(=C\c2cc(Br)ccc2OCc2ccccc2F)C1=O)N1CCc2ccccc2C1. The number of carbonyl (C=O) groups is 3.